The SMILES string of the molecule is CCCC1CCC(C2CCN(C(=O)COCN3CCC(CCC4Cc5ccccc5NC4=O)CC3)CC2)CC1. The van der Waals surface area contributed by atoms with E-state index in [2.05, 4.69) is 29.3 Å². The van der Waals surface area contributed by atoms with Gasteiger partial charge in [0.15, 0.2) is 0 Å². The molecule has 2 amide bonds. The molecule has 3 aliphatic heterocycles. The molecule has 5 rings (SSSR count). The molecule has 3 fully saturated rings. The molecule has 1 unspecified atom stereocenters. The number of nitrogens with one attached hydrogen (secondary N) is 1. The molecule has 3 heterocycles. The van der Waals surface area contributed by atoms with E-state index in [1.807, 2.05) is 17.0 Å². The lowest BCUT2D eigenvalue weighted by Gasteiger charge is -2.39. The summed E-state index contributed by atoms with van der Waals surface area (Å²) in [5.41, 5.74) is 2.24. The first-order valence-electron chi connectivity index (χ1n) is 16.1. The number of amides is 2. The molecular formula is C33H51N3O3. The second kappa shape index (κ2) is 14.1. The number of piperidine rings is 2. The number of para-hydroxylation sites is 1. The molecule has 4 aliphatic rings. The van der Waals surface area contributed by atoms with E-state index in [9.17, 15) is 9.59 Å². The van der Waals surface area contributed by atoms with Crippen LogP contribution in [0.3, 0.4) is 0 Å². The van der Waals surface area contributed by atoms with Gasteiger partial charge in [-0.05, 0) is 93.1 Å². The topological polar surface area (TPSA) is 61.9 Å². The molecule has 0 radical (unpaired) electrons. The highest BCUT2D eigenvalue weighted by molar-refractivity contribution is 5.95. The third-order valence-corrected chi connectivity index (χ3v) is 10.4. The van der Waals surface area contributed by atoms with E-state index in [1.54, 1.807) is 0 Å². The summed E-state index contributed by atoms with van der Waals surface area (Å²) in [5, 5.41) is 3.09. The maximum atomic E-state index is 12.8. The van der Waals surface area contributed by atoms with Crippen molar-refractivity contribution in [1.82, 2.24) is 9.80 Å². The van der Waals surface area contributed by atoms with E-state index in [-0.39, 0.29) is 24.3 Å². The van der Waals surface area contributed by atoms with E-state index in [4.69, 9.17) is 4.74 Å². The summed E-state index contributed by atoms with van der Waals surface area (Å²) in [6, 6.07) is 8.17. The number of nitrogens with zero attached hydrogens (tertiary/aromatic N) is 2. The van der Waals surface area contributed by atoms with Crippen LogP contribution in [0.4, 0.5) is 5.69 Å². The Morgan fingerprint density at radius 3 is 2.31 bits per heavy atom. The number of benzene rings is 1. The van der Waals surface area contributed by atoms with Crippen molar-refractivity contribution in [3.8, 4) is 0 Å². The van der Waals surface area contributed by atoms with Crippen molar-refractivity contribution in [1.29, 1.82) is 0 Å². The van der Waals surface area contributed by atoms with Crippen LogP contribution in [-0.2, 0) is 20.7 Å². The molecule has 2 saturated heterocycles. The first-order chi connectivity index (χ1) is 19.1. The summed E-state index contributed by atoms with van der Waals surface area (Å²) in [6.45, 7) is 6.94. The third kappa shape index (κ3) is 7.85. The Labute approximate surface area is 236 Å². The Kier molecular flexibility index (Phi) is 10.4. The minimum Gasteiger partial charge on any atom is -0.356 e. The summed E-state index contributed by atoms with van der Waals surface area (Å²) in [6.07, 6.45) is 16.0. The molecule has 0 aromatic heterocycles. The van der Waals surface area contributed by atoms with Crippen molar-refractivity contribution >= 4 is 17.5 Å². The fraction of sp³-hybridized carbons (Fsp3) is 0.758. The molecule has 0 spiro atoms. The number of ether oxygens (including phenoxy) is 1. The van der Waals surface area contributed by atoms with Crippen LogP contribution in [0.25, 0.3) is 0 Å². The van der Waals surface area contributed by atoms with Crippen molar-refractivity contribution in [3.05, 3.63) is 29.8 Å². The first kappa shape index (κ1) is 28.6. The minimum absolute atomic E-state index is 0.0955. The van der Waals surface area contributed by atoms with E-state index in [0.29, 0.717) is 12.6 Å². The number of hydrogen-bond donors (Lipinski definition) is 1. The van der Waals surface area contributed by atoms with Crippen molar-refractivity contribution in [2.24, 2.45) is 29.6 Å². The molecule has 6 heteroatoms. The quantitative estimate of drug-likeness (QED) is 0.391. The molecular weight excluding hydrogens is 486 g/mol. The second-order valence-corrected chi connectivity index (χ2v) is 13.0. The van der Waals surface area contributed by atoms with Gasteiger partial charge in [-0.2, -0.15) is 0 Å². The number of carbonyl (C=O) groups excluding carboxylic acids is 2. The average Bonchev–Trinajstić information content (AvgIpc) is 2.97. The zero-order valence-corrected chi connectivity index (χ0v) is 24.3. The zero-order chi connectivity index (χ0) is 27.0. The van der Waals surface area contributed by atoms with Gasteiger partial charge in [-0.3, -0.25) is 14.5 Å². The Hall–Kier alpha value is -1.92. The number of hydrogen-bond acceptors (Lipinski definition) is 4. The standard InChI is InChI=1S/C33H51N3O3/c1-2-5-25-8-11-27(12-9-25)28-16-20-36(21-17-28)32(37)23-39-24-35-18-14-26(15-19-35)10-13-30-22-29-6-3-4-7-31(29)34-33(30)38/h3-4,6-7,25-28,30H,2,5,8-24H2,1H3,(H,34,38). The Balaban J connectivity index is 0.924. The fourth-order valence-corrected chi connectivity index (χ4v) is 7.82. The van der Waals surface area contributed by atoms with E-state index >= 15 is 0 Å². The largest absolute Gasteiger partial charge is 0.356 e. The van der Waals surface area contributed by atoms with E-state index in [0.717, 1.165) is 81.7 Å². The van der Waals surface area contributed by atoms with Crippen LogP contribution in [0.2, 0.25) is 0 Å². The highest BCUT2D eigenvalue weighted by atomic mass is 16.5. The van der Waals surface area contributed by atoms with E-state index in [1.165, 1.54) is 56.9 Å². The predicted molar refractivity (Wildman–Crippen MR) is 156 cm³/mol. The molecule has 6 nitrogen and oxygen atoms in total. The second-order valence-electron chi connectivity index (χ2n) is 13.0. The maximum Gasteiger partial charge on any atom is 0.248 e. The molecule has 1 aromatic rings. The Morgan fingerprint density at radius 2 is 1.56 bits per heavy atom. The third-order valence-electron chi connectivity index (χ3n) is 10.4. The van der Waals surface area contributed by atoms with Crippen LogP contribution in [0.15, 0.2) is 24.3 Å². The van der Waals surface area contributed by atoms with Gasteiger partial charge in [-0.25, -0.2) is 0 Å². The molecule has 39 heavy (non-hydrogen) atoms. The maximum absolute atomic E-state index is 12.8. The summed E-state index contributed by atoms with van der Waals surface area (Å²) in [4.78, 5) is 29.7. The average molecular weight is 538 g/mol. The van der Waals surface area contributed by atoms with Gasteiger partial charge in [0.2, 0.25) is 11.8 Å². The van der Waals surface area contributed by atoms with Gasteiger partial charge in [0.1, 0.15) is 6.61 Å². The number of likely N-dealkylation sites (tertiary alicyclic amines) is 2. The Morgan fingerprint density at radius 1 is 0.872 bits per heavy atom. The van der Waals surface area contributed by atoms with Crippen LogP contribution in [0, 0.1) is 29.6 Å². The molecule has 0 bridgehead atoms. The lowest BCUT2D eigenvalue weighted by atomic mass is 9.72. The first-order valence-corrected chi connectivity index (χ1v) is 16.1. The predicted octanol–water partition coefficient (Wildman–Crippen LogP) is 6.11. The normalized spacial score (nSPS) is 27.3. The minimum atomic E-state index is 0.0955. The summed E-state index contributed by atoms with van der Waals surface area (Å²) >= 11 is 0. The van der Waals surface area contributed by atoms with Crippen molar-refractivity contribution in [2.45, 2.75) is 90.4 Å². The van der Waals surface area contributed by atoms with Gasteiger partial charge in [0.25, 0.3) is 0 Å². The van der Waals surface area contributed by atoms with Crippen molar-refractivity contribution in [2.75, 3.05) is 44.8 Å². The van der Waals surface area contributed by atoms with Gasteiger partial charge in [-0.15, -0.1) is 0 Å². The fourth-order valence-electron chi connectivity index (χ4n) is 7.82. The molecule has 216 valence electrons. The van der Waals surface area contributed by atoms with E-state index < -0.39 is 0 Å². The summed E-state index contributed by atoms with van der Waals surface area (Å²) in [5.74, 6) is 3.81. The molecule has 1 N–H and O–H groups in total. The van der Waals surface area contributed by atoms with Gasteiger partial charge >= 0.3 is 0 Å². The van der Waals surface area contributed by atoms with Crippen LogP contribution in [0.5, 0.6) is 0 Å². The van der Waals surface area contributed by atoms with Crippen LogP contribution >= 0.6 is 0 Å². The molecule has 1 atom stereocenters. The van der Waals surface area contributed by atoms with Crippen molar-refractivity contribution in [3.63, 3.8) is 0 Å². The number of fused-ring (bicyclic) bond motifs is 1. The Bertz CT molecular complexity index is 928. The highest BCUT2D eigenvalue weighted by Gasteiger charge is 2.32. The van der Waals surface area contributed by atoms with Crippen LogP contribution in [0.1, 0.15) is 89.5 Å². The number of anilines is 1. The number of rotatable bonds is 10. The monoisotopic (exact) mass is 537 g/mol. The highest BCUT2D eigenvalue weighted by Crippen LogP contribution is 2.39. The van der Waals surface area contributed by atoms with Gasteiger partial charge < -0.3 is 15.0 Å². The molecule has 1 saturated carbocycles. The van der Waals surface area contributed by atoms with Gasteiger partial charge in [-0.1, -0.05) is 50.8 Å². The zero-order valence-electron chi connectivity index (χ0n) is 24.3. The van der Waals surface area contributed by atoms with Crippen LogP contribution < -0.4 is 5.32 Å². The smallest absolute Gasteiger partial charge is 0.248 e. The lowest BCUT2D eigenvalue weighted by molar-refractivity contribution is -0.140. The van der Waals surface area contributed by atoms with Crippen LogP contribution in [-0.4, -0.2) is 61.1 Å². The molecule has 1 aliphatic carbocycles. The lowest BCUT2D eigenvalue weighted by Crippen LogP contribution is -2.43. The van der Waals surface area contributed by atoms with Gasteiger partial charge in [0, 0.05) is 37.8 Å². The summed E-state index contributed by atoms with van der Waals surface area (Å²) < 4.78 is 5.89. The molecule has 1 aromatic carbocycles. The van der Waals surface area contributed by atoms with Gasteiger partial charge in [0.05, 0.1) is 6.73 Å². The summed E-state index contributed by atoms with van der Waals surface area (Å²) in [7, 11) is 0. The van der Waals surface area contributed by atoms with Crippen molar-refractivity contribution < 1.29 is 14.3 Å². The number of carbonyl (C=O) groups is 2.